The number of piperidine rings is 1. The molecule has 3 heteroatoms. The van der Waals surface area contributed by atoms with E-state index in [1.165, 1.54) is 19.4 Å². The Balaban J connectivity index is 2.37. The summed E-state index contributed by atoms with van der Waals surface area (Å²) < 4.78 is 5.41. The zero-order chi connectivity index (χ0) is 10.6. The molecular weight excluding hydrogens is 176 g/mol. The number of rotatable bonds is 4. The maximum atomic E-state index is 5.41. The average Bonchev–Trinajstić information content (AvgIpc) is 2.17. The second-order valence-corrected chi connectivity index (χ2v) is 4.87. The van der Waals surface area contributed by atoms with Crippen molar-refractivity contribution in [2.24, 2.45) is 0 Å². The number of likely N-dealkylation sites (N-methyl/N-ethyl adjacent to an activating group) is 1. The van der Waals surface area contributed by atoms with Crippen LogP contribution >= 0.6 is 0 Å². The fourth-order valence-corrected chi connectivity index (χ4v) is 1.99. The van der Waals surface area contributed by atoms with Crippen LogP contribution in [0.25, 0.3) is 0 Å². The molecule has 3 nitrogen and oxygen atoms in total. The summed E-state index contributed by atoms with van der Waals surface area (Å²) in [5, 5.41) is 3.34. The summed E-state index contributed by atoms with van der Waals surface area (Å²) in [6.07, 6.45) is 2.92. The van der Waals surface area contributed by atoms with Crippen molar-refractivity contribution in [3.63, 3.8) is 0 Å². The van der Waals surface area contributed by atoms with Crippen LogP contribution in [0.2, 0.25) is 0 Å². The quantitative estimate of drug-likeness (QED) is 0.735. The smallest absolute Gasteiger partial charge is 0.0698 e. The number of likely N-dealkylation sites (tertiary alicyclic amines) is 1. The monoisotopic (exact) mass is 200 g/mol. The summed E-state index contributed by atoms with van der Waals surface area (Å²) in [5.74, 6) is 0. The summed E-state index contributed by atoms with van der Waals surface area (Å²) in [4.78, 5) is 2.49. The van der Waals surface area contributed by atoms with Crippen molar-refractivity contribution in [1.29, 1.82) is 0 Å². The summed E-state index contributed by atoms with van der Waals surface area (Å²) in [6, 6.07) is 0. The number of nitrogens with one attached hydrogen (secondary N) is 1. The lowest BCUT2D eigenvalue weighted by Gasteiger charge is -2.37. The van der Waals surface area contributed by atoms with Crippen LogP contribution < -0.4 is 5.32 Å². The van der Waals surface area contributed by atoms with Crippen LogP contribution in [0.3, 0.4) is 0 Å². The number of methoxy groups -OCH3 is 1. The standard InChI is InChI=1S/C11H24N2O/c1-11(2,12-3)9-13-7-5-6-10(8-13)14-4/h10,12H,5-9H2,1-4H3. The first-order valence-electron chi connectivity index (χ1n) is 5.51. The van der Waals surface area contributed by atoms with Gasteiger partial charge in [-0.25, -0.2) is 0 Å². The number of hydrogen-bond donors (Lipinski definition) is 1. The van der Waals surface area contributed by atoms with Gasteiger partial charge in [0.2, 0.25) is 0 Å². The number of nitrogens with zero attached hydrogens (tertiary/aromatic N) is 1. The van der Waals surface area contributed by atoms with Gasteiger partial charge in [-0.3, -0.25) is 4.90 Å². The molecule has 1 rings (SSSR count). The van der Waals surface area contributed by atoms with Crippen LogP contribution in [0.5, 0.6) is 0 Å². The molecule has 1 atom stereocenters. The van der Waals surface area contributed by atoms with Crippen LogP contribution in [0.15, 0.2) is 0 Å². The van der Waals surface area contributed by atoms with E-state index in [2.05, 4.69) is 24.1 Å². The zero-order valence-corrected chi connectivity index (χ0v) is 9.97. The van der Waals surface area contributed by atoms with E-state index in [0.29, 0.717) is 6.10 Å². The predicted molar refractivity (Wildman–Crippen MR) is 59.6 cm³/mol. The Morgan fingerprint density at radius 2 is 2.21 bits per heavy atom. The van der Waals surface area contributed by atoms with Crippen LogP contribution in [-0.2, 0) is 4.74 Å². The minimum Gasteiger partial charge on any atom is -0.380 e. The number of ether oxygens (including phenoxy) is 1. The lowest BCUT2D eigenvalue weighted by Crippen LogP contribution is -2.51. The largest absolute Gasteiger partial charge is 0.380 e. The van der Waals surface area contributed by atoms with Crippen molar-refractivity contribution in [3.8, 4) is 0 Å². The van der Waals surface area contributed by atoms with Crippen LogP contribution in [-0.4, -0.2) is 50.3 Å². The average molecular weight is 200 g/mol. The highest BCUT2D eigenvalue weighted by Gasteiger charge is 2.24. The highest BCUT2D eigenvalue weighted by Crippen LogP contribution is 2.15. The molecule has 0 bridgehead atoms. The summed E-state index contributed by atoms with van der Waals surface area (Å²) in [7, 11) is 3.84. The van der Waals surface area contributed by atoms with E-state index in [0.717, 1.165) is 13.1 Å². The minimum absolute atomic E-state index is 0.204. The van der Waals surface area contributed by atoms with Crippen molar-refractivity contribution >= 4 is 0 Å². The van der Waals surface area contributed by atoms with Crippen LogP contribution in [0.4, 0.5) is 0 Å². The summed E-state index contributed by atoms with van der Waals surface area (Å²) in [6.45, 7) is 7.88. The molecule has 1 aliphatic heterocycles. The molecule has 0 aliphatic carbocycles. The molecule has 0 aromatic carbocycles. The maximum Gasteiger partial charge on any atom is 0.0698 e. The first-order valence-corrected chi connectivity index (χ1v) is 5.51. The third kappa shape index (κ3) is 3.56. The molecule has 1 saturated heterocycles. The van der Waals surface area contributed by atoms with Gasteiger partial charge in [0, 0.05) is 25.7 Å². The normalized spacial score (nSPS) is 25.3. The fourth-order valence-electron chi connectivity index (χ4n) is 1.99. The first kappa shape index (κ1) is 12.0. The van der Waals surface area contributed by atoms with E-state index in [-0.39, 0.29) is 5.54 Å². The van der Waals surface area contributed by atoms with Gasteiger partial charge < -0.3 is 10.1 Å². The molecule has 0 aromatic heterocycles. The minimum atomic E-state index is 0.204. The van der Waals surface area contributed by atoms with Gasteiger partial charge in [-0.1, -0.05) is 0 Å². The molecule has 0 spiro atoms. The van der Waals surface area contributed by atoms with E-state index in [1.807, 2.05) is 14.2 Å². The molecule has 0 aromatic rings. The van der Waals surface area contributed by atoms with Crippen molar-refractivity contribution < 1.29 is 4.74 Å². The van der Waals surface area contributed by atoms with Gasteiger partial charge in [0.25, 0.3) is 0 Å². The van der Waals surface area contributed by atoms with Crippen LogP contribution in [0, 0.1) is 0 Å². The second-order valence-electron chi connectivity index (χ2n) is 4.87. The van der Waals surface area contributed by atoms with E-state index >= 15 is 0 Å². The molecule has 0 saturated carbocycles. The molecule has 1 heterocycles. The highest BCUT2D eigenvalue weighted by molar-refractivity contribution is 4.83. The molecular formula is C11H24N2O. The lowest BCUT2D eigenvalue weighted by atomic mass is 10.0. The van der Waals surface area contributed by atoms with Gasteiger partial charge in [-0.15, -0.1) is 0 Å². The highest BCUT2D eigenvalue weighted by atomic mass is 16.5. The molecule has 0 radical (unpaired) electrons. The van der Waals surface area contributed by atoms with Crippen molar-refractivity contribution in [2.75, 3.05) is 33.8 Å². The SMILES string of the molecule is CNC(C)(C)CN1CCCC(OC)C1. The third-order valence-corrected chi connectivity index (χ3v) is 3.09. The summed E-state index contributed by atoms with van der Waals surface area (Å²) in [5.41, 5.74) is 0.204. The zero-order valence-electron chi connectivity index (χ0n) is 9.97. The maximum absolute atomic E-state index is 5.41. The van der Waals surface area contributed by atoms with E-state index in [1.54, 1.807) is 0 Å². The fraction of sp³-hybridized carbons (Fsp3) is 1.00. The van der Waals surface area contributed by atoms with E-state index < -0.39 is 0 Å². The first-order chi connectivity index (χ1) is 6.57. The van der Waals surface area contributed by atoms with Crippen molar-refractivity contribution in [1.82, 2.24) is 10.2 Å². The summed E-state index contributed by atoms with van der Waals surface area (Å²) >= 11 is 0. The Kier molecular flexibility index (Phi) is 4.35. The Labute approximate surface area is 87.8 Å². The Hall–Kier alpha value is -0.120. The molecule has 84 valence electrons. The van der Waals surface area contributed by atoms with Gasteiger partial charge in [-0.2, -0.15) is 0 Å². The van der Waals surface area contributed by atoms with Gasteiger partial charge in [0.05, 0.1) is 6.10 Å². The van der Waals surface area contributed by atoms with Gasteiger partial charge in [-0.05, 0) is 40.3 Å². The molecule has 1 fully saturated rings. The molecule has 1 aliphatic rings. The predicted octanol–water partition coefficient (Wildman–Crippen LogP) is 1.10. The van der Waals surface area contributed by atoms with Gasteiger partial charge >= 0.3 is 0 Å². The van der Waals surface area contributed by atoms with Crippen LogP contribution in [0.1, 0.15) is 26.7 Å². The van der Waals surface area contributed by atoms with Gasteiger partial charge in [0.15, 0.2) is 0 Å². The topological polar surface area (TPSA) is 24.5 Å². The molecule has 1 N–H and O–H groups in total. The molecule has 14 heavy (non-hydrogen) atoms. The van der Waals surface area contributed by atoms with Crippen molar-refractivity contribution in [3.05, 3.63) is 0 Å². The Morgan fingerprint density at radius 3 is 2.79 bits per heavy atom. The molecule has 0 amide bonds. The van der Waals surface area contributed by atoms with E-state index in [9.17, 15) is 0 Å². The van der Waals surface area contributed by atoms with Gasteiger partial charge in [0.1, 0.15) is 0 Å². The van der Waals surface area contributed by atoms with E-state index in [4.69, 9.17) is 4.74 Å². The second kappa shape index (κ2) is 5.10. The molecule has 1 unspecified atom stereocenters. The Bertz CT molecular complexity index is 171. The number of hydrogen-bond acceptors (Lipinski definition) is 3. The Morgan fingerprint density at radius 1 is 1.50 bits per heavy atom. The lowest BCUT2D eigenvalue weighted by molar-refractivity contribution is 0.0236. The van der Waals surface area contributed by atoms with Crippen molar-refractivity contribution in [2.45, 2.75) is 38.3 Å². The third-order valence-electron chi connectivity index (χ3n) is 3.09.